The molecular weight excluding hydrogens is 292 g/mol. The van der Waals surface area contributed by atoms with Gasteiger partial charge in [-0.1, -0.05) is 12.1 Å². The maximum absolute atomic E-state index is 11.9. The third kappa shape index (κ3) is 5.00. The Kier molecular flexibility index (Phi) is 6.00. The molecule has 0 heterocycles. The van der Waals surface area contributed by atoms with Gasteiger partial charge in [0.05, 0.1) is 13.7 Å². The number of ether oxygens (including phenoxy) is 1. The number of methoxy groups -OCH3 is 1. The zero-order chi connectivity index (χ0) is 16.7. The number of carbonyl (C=O) groups is 1. The molecule has 2 aromatic carbocycles. The first-order chi connectivity index (χ1) is 11.1. The van der Waals surface area contributed by atoms with Gasteiger partial charge in [-0.05, 0) is 48.9 Å². The fourth-order valence-electron chi connectivity index (χ4n) is 2.08. The van der Waals surface area contributed by atoms with E-state index in [1.165, 1.54) is 0 Å². The van der Waals surface area contributed by atoms with Crippen LogP contribution < -0.4 is 15.4 Å². The maximum atomic E-state index is 11.9. The zero-order valence-electron chi connectivity index (χ0n) is 13.4. The standard InChI is InChI=1S/C18H22N2O3/c1-13(12-21)20-18(22)15-6-8-16(9-7-15)19-11-14-4-3-5-17(10-14)23-2/h3-10,13,19,21H,11-12H2,1-2H3,(H,20,22). The predicted octanol–water partition coefficient (Wildman–Crippen LogP) is 2.42. The first-order valence-corrected chi connectivity index (χ1v) is 7.51. The lowest BCUT2D eigenvalue weighted by atomic mass is 10.1. The van der Waals surface area contributed by atoms with Crippen molar-refractivity contribution in [3.05, 3.63) is 59.7 Å². The molecule has 5 nitrogen and oxygen atoms in total. The average molecular weight is 314 g/mol. The lowest BCUT2D eigenvalue weighted by molar-refractivity contribution is 0.0922. The van der Waals surface area contributed by atoms with E-state index in [0.717, 1.165) is 17.0 Å². The van der Waals surface area contributed by atoms with E-state index in [9.17, 15) is 4.79 Å². The van der Waals surface area contributed by atoms with Crippen LogP contribution in [0.5, 0.6) is 5.75 Å². The van der Waals surface area contributed by atoms with E-state index < -0.39 is 0 Å². The molecule has 1 unspecified atom stereocenters. The Morgan fingerprint density at radius 2 is 1.96 bits per heavy atom. The first-order valence-electron chi connectivity index (χ1n) is 7.51. The number of nitrogens with one attached hydrogen (secondary N) is 2. The van der Waals surface area contributed by atoms with Crippen molar-refractivity contribution < 1.29 is 14.6 Å². The van der Waals surface area contributed by atoms with Gasteiger partial charge in [0.15, 0.2) is 0 Å². The number of anilines is 1. The molecule has 0 saturated carbocycles. The molecule has 3 N–H and O–H groups in total. The smallest absolute Gasteiger partial charge is 0.251 e. The highest BCUT2D eigenvalue weighted by Crippen LogP contribution is 2.15. The fourth-order valence-corrected chi connectivity index (χ4v) is 2.08. The van der Waals surface area contributed by atoms with Gasteiger partial charge < -0.3 is 20.5 Å². The number of hydrogen-bond acceptors (Lipinski definition) is 4. The maximum Gasteiger partial charge on any atom is 0.251 e. The Balaban J connectivity index is 1.93. The number of amides is 1. The normalized spacial score (nSPS) is 11.6. The van der Waals surface area contributed by atoms with Gasteiger partial charge in [-0.3, -0.25) is 4.79 Å². The molecule has 0 spiro atoms. The fraction of sp³-hybridized carbons (Fsp3) is 0.278. The lowest BCUT2D eigenvalue weighted by Gasteiger charge is -2.11. The van der Waals surface area contributed by atoms with E-state index in [2.05, 4.69) is 10.6 Å². The zero-order valence-corrected chi connectivity index (χ0v) is 13.4. The summed E-state index contributed by atoms with van der Waals surface area (Å²) in [6.07, 6.45) is 0. The third-order valence-corrected chi connectivity index (χ3v) is 3.43. The van der Waals surface area contributed by atoms with Crippen molar-refractivity contribution in [1.82, 2.24) is 5.32 Å². The topological polar surface area (TPSA) is 70.6 Å². The number of aliphatic hydroxyl groups is 1. The van der Waals surface area contributed by atoms with Gasteiger partial charge in [-0.25, -0.2) is 0 Å². The third-order valence-electron chi connectivity index (χ3n) is 3.43. The summed E-state index contributed by atoms with van der Waals surface area (Å²) in [4.78, 5) is 11.9. The van der Waals surface area contributed by atoms with Gasteiger partial charge in [0.1, 0.15) is 5.75 Å². The van der Waals surface area contributed by atoms with E-state index in [0.29, 0.717) is 12.1 Å². The molecule has 5 heteroatoms. The average Bonchev–Trinajstić information content (AvgIpc) is 2.60. The van der Waals surface area contributed by atoms with Gasteiger partial charge in [0, 0.05) is 23.8 Å². The predicted molar refractivity (Wildman–Crippen MR) is 90.8 cm³/mol. The highest BCUT2D eigenvalue weighted by atomic mass is 16.5. The SMILES string of the molecule is COc1cccc(CNc2ccc(C(=O)NC(C)CO)cc2)c1. The van der Waals surface area contributed by atoms with Crippen molar-refractivity contribution >= 4 is 11.6 Å². The molecule has 1 atom stereocenters. The molecule has 0 radical (unpaired) electrons. The minimum atomic E-state index is -0.256. The van der Waals surface area contributed by atoms with Crippen LogP contribution in [-0.4, -0.2) is 30.8 Å². The van der Waals surface area contributed by atoms with Crippen LogP contribution in [0, 0.1) is 0 Å². The van der Waals surface area contributed by atoms with Crippen LogP contribution in [-0.2, 0) is 6.54 Å². The Bertz CT molecular complexity index is 641. The van der Waals surface area contributed by atoms with Crippen LogP contribution in [0.2, 0.25) is 0 Å². The van der Waals surface area contributed by atoms with E-state index in [-0.39, 0.29) is 18.6 Å². The Labute approximate surface area is 136 Å². The Morgan fingerprint density at radius 3 is 2.61 bits per heavy atom. The highest BCUT2D eigenvalue weighted by molar-refractivity contribution is 5.94. The van der Waals surface area contributed by atoms with Crippen LogP contribution in [0.1, 0.15) is 22.8 Å². The summed E-state index contributed by atoms with van der Waals surface area (Å²) < 4.78 is 5.20. The summed E-state index contributed by atoms with van der Waals surface area (Å²) in [5.41, 5.74) is 2.61. The van der Waals surface area contributed by atoms with Gasteiger partial charge in [-0.2, -0.15) is 0 Å². The van der Waals surface area contributed by atoms with Gasteiger partial charge in [0.2, 0.25) is 0 Å². The van der Waals surface area contributed by atoms with Gasteiger partial charge in [-0.15, -0.1) is 0 Å². The first kappa shape index (κ1) is 16.8. The molecular formula is C18H22N2O3. The Morgan fingerprint density at radius 1 is 1.22 bits per heavy atom. The molecule has 122 valence electrons. The molecule has 0 aliphatic rings. The summed E-state index contributed by atoms with van der Waals surface area (Å²) in [6.45, 7) is 2.35. The Hall–Kier alpha value is -2.53. The number of benzene rings is 2. The van der Waals surface area contributed by atoms with E-state index in [4.69, 9.17) is 9.84 Å². The molecule has 2 aromatic rings. The van der Waals surface area contributed by atoms with Crippen molar-refractivity contribution in [2.45, 2.75) is 19.5 Å². The van der Waals surface area contributed by atoms with Crippen molar-refractivity contribution in [2.75, 3.05) is 19.0 Å². The number of rotatable bonds is 7. The van der Waals surface area contributed by atoms with E-state index in [1.54, 1.807) is 26.2 Å². The number of carbonyl (C=O) groups excluding carboxylic acids is 1. The minimum absolute atomic E-state index is 0.0775. The summed E-state index contributed by atoms with van der Waals surface area (Å²) in [5.74, 6) is 0.639. The summed E-state index contributed by atoms with van der Waals surface area (Å²) >= 11 is 0. The van der Waals surface area contributed by atoms with E-state index >= 15 is 0 Å². The van der Waals surface area contributed by atoms with Crippen molar-refractivity contribution in [1.29, 1.82) is 0 Å². The van der Waals surface area contributed by atoms with Crippen LogP contribution in [0.25, 0.3) is 0 Å². The summed E-state index contributed by atoms with van der Waals surface area (Å²) in [6, 6.07) is 14.8. The lowest BCUT2D eigenvalue weighted by Crippen LogP contribution is -2.34. The highest BCUT2D eigenvalue weighted by Gasteiger charge is 2.08. The molecule has 0 fully saturated rings. The number of aliphatic hydroxyl groups excluding tert-OH is 1. The monoisotopic (exact) mass is 314 g/mol. The van der Waals surface area contributed by atoms with Gasteiger partial charge in [0.25, 0.3) is 5.91 Å². The largest absolute Gasteiger partial charge is 0.497 e. The molecule has 0 aliphatic heterocycles. The van der Waals surface area contributed by atoms with Crippen LogP contribution >= 0.6 is 0 Å². The van der Waals surface area contributed by atoms with Gasteiger partial charge >= 0.3 is 0 Å². The molecule has 0 aliphatic carbocycles. The quantitative estimate of drug-likeness (QED) is 0.734. The second-order valence-corrected chi connectivity index (χ2v) is 5.34. The summed E-state index contributed by atoms with van der Waals surface area (Å²) in [7, 11) is 1.65. The second-order valence-electron chi connectivity index (χ2n) is 5.34. The van der Waals surface area contributed by atoms with Crippen molar-refractivity contribution in [3.63, 3.8) is 0 Å². The molecule has 0 aromatic heterocycles. The number of hydrogen-bond donors (Lipinski definition) is 3. The molecule has 1 amide bonds. The van der Waals surface area contributed by atoms with Crippen LogP contribution in [0.4, 0.5) is 5.69 Å². The summed E-state index contributed by atoms with van der Waals surface area (Å²) in [5, 5.41) is 15.0. The van der Waals surface area contributed by atoms with E-state index in [1.807, 2.05) is 36.4 Å². The minimum Gasteiger partial charge on any atom is -0.497 e. The molecule has 0 bridgehead atoms. The molecule has 23 heavy (non-hydrogen) atoms. The molecule has 2 rings (SSSR count). The van der Waals surface area contributed by atoms with Crippen LogP contribution in [0.3, 0.4) is 0 Å². The second kappa shape index (κ2) is 8.19. The molecule has 0 saturated heterocycles. The van der Waals surface area contributed by atoms with Crippen molar-refractivity contribution in [2.24, 2.45) is 0 Å². The van der Waals surface area contributed by atoms with Crippen molar-refractivity contribution in [3.8, 4) is 5.75 Å². The van der Waals surface area contributed by atoms with Crippen LogP contribution in [0.15, 0.2) is 48.5 Å².